The van der Waals surface area contributed by atoms with Crippen molar-refractivity contribution in [2.24, 2.45) is 0 Å². The number of nitrogens with zero attached hydrogens (tertiary/aromatic N) is 2. The summed E-state index contributed by atoms with van der Waals surface area (Å²) in [5, 5.41) is 0.553. The van der Waals surface area contributed by atoms with Gasteiger partial charge in [0.1, 0.15) is 16.5 Å². The van der Waals surface area contributed by atoms with Gasteiger partial charge in [-0.2, -0.15) is 0 Å². The fraction of sp³-hybridized carbons (Fsp3) is 0.118. The summed E-state index contributed by atoms with van der Waals surface area (Å²) in [6, 6.07) is 6.16. The first-order chi connectivity index (χ1) is 11.6. The molecule has 3 aromatic heterocycles. The molecule has 5 nitrogen and oxygen atoms in total. The molecule has 0 aliphatic rings. The third-order valence-corrected chi connectivity index (χ3v) is 4.83. The maximum atomic E-state index is 13.2. The van der Waals surface area contributed by atoms with Gasteiger partial charge >= 0.3 is 0 Å². The predicted octanol–water partition coefficient (Wildman–Crippen LogP) is 3.41. The van der Waals surface area contributed by atoms with Crippen LogP contribution in [0, 0.1) is 12.7 Å². The van der Waals surface area contributed by atoms with E-state index in [1.165, 1.54) is 23.5 Å². The lowest BCUT2D eigenvalue weighted by molar-refractivity contribution is 0.628. The van der Waals surface area contributed by atoms with Crippen LogP contribution in [-0.4, -0.2) is 19.9 Å². The molecule has 24 heavy (non-hydrogen) atoms. The second-order valence-electron chi connectivity index (χ2n) is 5.49. The van der Waals surface area contributed by atoms with E-state index in [0.29, 0.717) is 22.5 Å². The molecule has 0 atom stereocenters. The third-order valence-electron chi connectivity index (χ3n) is 3.83. The highest BCUT2D eigenvalue weighted by molar-refractivity contribution is 7.19. The highest BCUT2D eigenvalue weighted by Crippen LogP contribution is 2.35. The average Bonchev–Trinajstić information content (AvgIpc) is 3.16. The van der Waals surface area contributed by atoms with Crippen molar-refractivity contribution in [3.8, 4) is 11.1 Å². The second-order valence-corrected chi connectivity index (χ2v) is 6.69. The minimum atomic E-state index is -0.301. The zero-order valence-corrected chi connectivity index (χ0v) is 13.6. The van der Waals surface area contributed by atoms with Crippen LogP contribution in [0.5, 0.6) is 0 Å². The van der Waals surface area contributed by atoms with Gasteiger partial charge < -0.3 is 9.97 Å². The van der Waals surface area contributed by atoms with Crippen molar-refractivity contribution < 1.29 is 4.39 Å². The summed E-state index contributed by atoms with van der Waals surface area (Å²) in [6.45, 7) is 1.94. The van der Waals surface area contributed by atoms with Crippen molar-refractivity contribution in [1.82, 2.24) is 19.9 Å². The first-order valence-corrected chi connectivity index (χ1v) is 8.19. The van der Waals surface area contributed by atoms with Gasteiger partial charge in [0, 0.05) is 28.8 Å². The third kappa shape index (κ3) is 2.52. The average molecular weight is 340 g/mol. The molecular formula is C17H13FN4OS. The molecule has 0 saturated carbocycles. The van der Waals surface area contributed by atoms with Gasteiger partial charge in [0.25, 0.3) is 5.56 Å². The number of aryl methyl sites for hydroxylation is 1. The minimum Gasteiger partial charge on any atom is -0.348 e. The summed E-state index contributed by atoms with van der Waals surface area (Å²) in [7, 11) is 0. The zero-order valence-electron chi connectivity index (χ0n) is 12.8. The highest BCUT2D eigenvalue weighted by Gasteiger charge is 2.17. The normalized spacial score (nSPS) is 11.2. The van der Waals surface area contributed by atoms with Gasteiger partial charge in [0.2, 0.25) is 0 Å². The van der Waals surface area contributed by atoms with Gasteiger partial charge in [-0.15, -0.1) is 11.3 Å². The monoisotopic (exact) mass is 340 g/mol. The molecule has 0 unspecified atom stereocenters. The Kier molecular flexibility index (Phi) is 3.50. The molecule has 4 rings (SSSR count). The van der Waals surface area contributed by atoms with Gasteiger partial charge in [-0.05, 0) is 24.6 Å². The second kappa shape index (κ2) is 5.68. The smallest absolute Gasteiger partial charge is 0.260 e. The maximum absolute atomic E-state index is 13.2. The van der Waals surface area contributed by atoms with Crippen LogP contribution in [0.1, 0.15) is 16.4 Å². The fourth-order valence-electron chi connectivity index (χ4n) is 2.77. The first kappa shape index (κ1) is 14.8. The SMILES string of the molecule is Cc1sc2nc(Cc3cnc[nH]3)[nH]c(=O)c2c1-c1ccc(F)cc1. The minimum absolute atomic E-state index is 0.182. The van der Waals surface area contributed by atoms with E-state index in [1.54, 1.807) is 24.7 Å². The van der Waals surface area contributed by atoms with Crippen molar-refractivity contribution in [1.29, 1.82) is 0 Å². The van der Waals surface area contributed by atoms with Crippen LogP contribution < -0.4 is 5.56 Å². The number of hydrogen-bond acceptors (Lipinski definition) is 4. The largest absolute Gasteiger partial charge is 0.348 e. The Balaban J connectivity index is 1.86. The van der Waals surface area contributed by atoms with E-state index in [9.17, 15) is 9.18 Å². The molecule has 0 fully saturated rings. The number of aromatic amines is 2. The van der Waals surface area contributed by atoms with Crippen LogP contribution in [0.25, 0.3) is 21.3 Å². The van der Waals surface area contributed by atoms with E-state index in [1.807, 2.05) is 6.92 Å². The fourth-order valence-corrected chi connectivity index (χ4v) is 3.84. The summed E-state index contributed by atoms with van der Waals surface area (Å²) < 4.78 is 13.2. The molecule has 7 heteroatoms. The van der Waals surface area contributed by atoms with Crippen LogP contribution in [0.3, 0.4) is 0 Å². The molecule has 3 heterocycles. The van der Waals surface area contributed by atoms with E-state index in [4.69, 9.17) is 0 Å². The molecule has 0 aliphatic carbocycles. The van der Waals surface area contributed by atoms with E-state index in [2.05, 4.69) is 19.9 Å². The summed E-state index contributed by atoms with van der Waals surface area (Å²) in [4.78, 5) is 28.7. The number of rotatable bonds is 3. The number of halogens is 1. The molecule has 0 spiro atoms. The van der Waals surface area contributed by atoms with Gasteiger partial charge in [-0.25, -0.2) is 14.4 Å². The lowest BCUT2D eigenvalue weighted by atomic mass is 10.0. The molecule has 0 radical (unpaired) electrons. The lowest BCUT2D eigenvalue weighted by Gasteiger charge is -2.02. The van der Waals surface area contributed by atoms with E-state index in [0.717, 1.165) is 21.7 Å². The topological polar surface area (TPSA) is 74.4 Å². The summed E-state index contributed by atoms with van der Waals surface area (Å²) in [6.07, 6.45) is 3.77. The summed E-state index contributed by atoms with van der Waals surface area (Å²) in [5.74, 6) is 0.286. The van der Waals surface area contributed by atoms with Crippen LogP contribution in [-0.2, 0) is 6.42 Å². The zero-order chi connectivity index (χ0) is 16.7. The number of benzene rings is 1. The van der Waals surface area contributed by atoms with Gasteiger partial charge in [0.15, 0.2) is 0 Å². The molecule has 0 bridgehead atoms. The Bertz CT molecular complexity index is 1060. The number of hydrogen-bond donors (Lipinski definition) is 2. The maximum Gasteiger partial charge on any atom is 0.260 e. The molecule has 1 aromatic carbocycles. The number of fused-ring (bicyclic) bond motifs is 1. The molecular weight excluding hydrogens is 327 g/mol. The quantitative estimate of drug-likeness (QED) is 0.600. The number of nitrogens with one attached hydrogen (secondary N) is 2. The predicted molar refractivity (Wildman–Crippen MR) is 91.8 cm³/mol. The van der Waals surface area contributed by atoms with E-state index < -0.39 is 0 Å². The van der Waals surface area contributed by atoms with Crippen LogP contribution in [0.4, 0.5) is 4.39 Å². The Hall–Kier alpha value is -2.80. The lowest BCUT2D eigenvalue weighted by Crippen LogP contribution is -2.11. The number of aromatic nitrogens is 4. The Morgan fingerprint density at radius 2 is 2.04 bits per heavy atom. The summed E-state index contributed by atoms with van der Waals surface area (Å²) >= 11 is 1.47. The van der Waals surface area contributed by atoms with E-state index >= 15 is 0 Å². The molecule has 4 aromatic rings. The standard InChI is InChI=1S/C17H13FN4OS/c1-9-14(10-2-4-11(18)5-3-10)15-16(23)21-13(22-17(15)24-9)6-12-7-19-8-20-12/h2-5,7-8H,6H2,1H3,(H,19,20)(H,21,22,23). The van der Waals surface area contributed by atoms with Crippen molar-refractivity contribution in [3.63, 3.8) is 0 Å². The first-order valence-electron chi connectivity index (χ1n) is 7.37. The molecule has 0 aliphatic heterocycles. The van der Waals surface area contributed by atoms with Crippen LogP contribution in [0.15, 0.2) is 41.6 Å². The van der Waals surface area contributed by atoms with Crippen molar-refractivity contribution in [2.45, 2.75) is 13.3 Å². The molecule has 0 saturated heterocycles. The number of thiophene rings is 1. The Morgan fingerprint density at radius 3 is 2.75 bits per heavy atom. The van der Waals surface area contributed by atoms with Crippen LogP contribution >= 0.6 is 11.3 Å². The van der Waals surface area contributed by atoms with Gasteiger partial charge in [-0.3, -0.25) is 4.79 Å². The Labute approximate surface area is 140 Å². The summed E-state index contributed by atoms with van der Waals surface area (Å²) in [5.41, 5.74) is 2.33. The van der Waals surface area contributed by atoms with Gasteiger partial charge in [0.05, 0.1) is 11.7 Å². The van der Waals surface area contributed by atoms with Gasteiger partial charge in [-0.1, -0.05) is 12.1 Å². The van der Waals surface area contributed by atoms with Crippen molar-refractivity contribution in [3.05, 3.63) is 69.4 Å². The molecule has 0 amide bonds. The number of H-pyrrole nitrogens is 2. The molecule has 120 valence electrons. The molecule has 2 N–H and O–H groups in total. The number of imidazole rings is 1. The highest BCUT2D eigenvalue weighted by atomic mass is 32.1. The van der Waals surface area contributed by atoms with E-state index in [-0.39, 0.29) is 11.4 Å². The van der Waals surface area contributed by atoms with Crippen molar-refractivity contribution in [2.75, 3.05) is 0 Å². The Morgan fingerprint density at radius 1 is 1.25 bits per heavy atom. The van der Waals surface area contributed by atoms with Crippen LogP contribution in [0.2, 0.25) is 0 Å². The van der Waals surface area contributed by atoms with Crippen molar-refractivity contribution >= 4 is 21.6 Å².